The van der Waals surface area contributed by atoms with Gasteiger partial charge in [0.05, 0.1) is 10.0 Å². The molecule has 4 heteroatoms. The van der Waals surface area contributed by atoms with E-state index in [9.17, 15) is 5.11 Å². The number of hydrogen-bond donors (Lipinski definition) is 1. The van der Waals surface area contributed by atoms with E-state index < -0.39 is 6.10 Å². The van der Waals surface area contributed by atoms with Crippen LogP contribution in [0.2, 0.25) is 10.0 Å². The molecule has 0 bridgehead atoms. The topological polar surface area (TPSA) is 33.1 Å². The summed E-state index contributed by atoms with van der Waals surface area (Å²) in [7, 11) is 0. The lowest BCUT2D eigenvalue weighted by molar-refractivity contribution is 0.220. The summed E-state index contributed by atoms with van der Waals surface area (Å²) in [5.41, 5.74) is 1.18. The van der Waals surface area contributed by atoms with E-state index in [4.69, 9.17) is 23.2 Å². The normalized spacial score (nSPS) is 12.4. The maximum atomic E-state index is 10.1. The number of halogens is 2. The van der Waals surface area contributed by atoms with E-state index in [0.29, 0.717) is 21.2 Å². The zero-order chi connectivity index (χ0) is 11.5. The highest BCUT2D eigenvalue weighted by Gasteiger charge is 2.15. The van der Waals surface area contributed by atoms with Gasteiger partial charge >= 0.3 is 0 Å². The Hall–Kier alpha value is -1.09. The minimum atomic E-state index is -0.839. The van der Waals surface area contributed by atoms with Gasteiger partial charge in [0.25, 0.3) is 0 Å². The van der Waals surface area contributed by atoms with Crippen LogP contribution in [0.5, 0.6) is 0 Å². The molecular weight excluding hydrogens is 245 g/mol. The van der Waals surface area contributed by atoms with E-state index in [-0.39, 0.29) is 0 Å². The summed E-state index contributed by atoms with van der Waals surface area (Å²) in [6.07, 6.45) is 2.38. The standard InChI is InChI=1S/C12H8Cl2NO/c13-10-3-1-2-9(11(10)14)12(16)8-4-6-15-7-5-8/h1,3-7,12,16H. The first-order valence-corrected chi connectivity index (χ1v) is 5.39. The Morgan fingerprint density at radius 2 is 1.88 bits per heavy atom. The summed E-state index contributed by atoms with van der Waals surface area (Å²) >= 11 is 11.9. The van der Waals surface area contributed by atoms with Gasteiger partial charge in [-0.25, -0.2) is 0 Å². The van der Waals surface area contributed by atoms with Gasteiger partial charge in [-0.2, -0.15) is 0 Å². The van der Waals surface area contributed by atoms with Crippen LogP contribution in [0.1, 0.15) is 17.2 Å². The van der Waals surface area contributed by atoms with E-state index >= 15 is 0 Å². The predicted molar refractivity (Wildman–Crippen MR) is 63.6 cm³/mol. The Morgan fingerprint density at radius 3 is 2.56 bits per heavy atom. The fourth-order valence-electron chi connectivity index (χ4n) is 1.38. The Labute approximate surface area is 103 Å². The zero-order valence-corrected chi connectivity index (χ0v) is 9.70. The molecule has 2 nitrogen and oxygen atoms in total. The van der Waals surface area contributed by atoms with Gasteiger partial charge in [0.15, 0.2) is 0 Å². The molecule has 16 heavy (non-hydrogen) atoms. The lowest BCUT2D eigenvalue weighted by Gasteiger charge is -2.12. The second-order valence-electron chi connectivity index (χ2n) is 3.24. The van der Waals surface area contributed by atoms with Crippen LogP contribution in [0, 0.1) is 6.07 Å². The number of hydrogen-bond acceptors (Lipinski definition) is 2. The van der Waals surface area contributed by atoms with Crippen LogP contribution in [-0.4, -0.2) is 10.1 Å². The molecule has 1 aromatic heterocycles. The maximum absolute atomic E-state index is 10.1. The molecule has 1 heterocycles. The van der Waals surface area contributed by atoms with Gasteiger partial charge in [0.2, 0.25) is 0 Å². The molecule has 1 radical (unpaired) electrons. The van der Waals surface area contributed by atoms with Crippen LogP contribution < -0.4 is 0 Å². The van der Waals surface area contributed by atoms with Crippen molar-refractivity contribution < 1.29 is 5.11 Å². The third-order valence-corrected chi connectivity index (χ3v) is 3.03. The molecule has 0 aliphatic rings. The van der Waals surface area contributed by atoms with Gasteiger partial charge in [-0.1, -0.05) is 29.3 Å². The van der Waals surface area contributed by atoms with Crippen molar-refractivity contribution in [3.63, 3.8) is 0 Å². The summed E-state index contributed by atoms with van der Waals surface area (Å²) in [4.78, 5) is 3.88. The largest absolute Gasteiger partial charge is 0.384 e. The fourth-order valence-corrected chi connectivity index (χ4v) is 1.77. The third kappa shape index (κ3) is 2.19. The summed E-state index contributed by atoms with van der Waals surface area (Å²) in [6, 6.07) is 9.59. The average molecular weight is 253 g/mol. The number of aromatic nitrogens is 1. The molecule has 1 aromatic carbocycles. The molecule has 2 aromatic rings. The van der Waals surface area contributed by atoms with Crippen molar-refractivity contribution in [1.29, 1.82) is 0 Å². The highest BCUT2D eigenvalue weighted by atomic mass is 35.5. The quantitative estimate of drug-likeness (QED) is 0.890. The van der Waals surface area contributed by atoms with Gasteiger partial charge in [0.1, 0.15) is 6.10 Å². The second kappa shape index (κ2) is 4.83. The van der Waals surface area contributed by atoms with Gasteiger partial charge in [-0.05, 0) is 29.8 Å². The second-order valence-corrected chi connectivity index (χ2v) is 4.02. The van der Waals surface area contributed by atoms with E-state index in [1.807, 2.05) is 0 Å². The van der Waals surface area contributed by atoms with Gasteiger partial charge in [-0.3, -0.25) is 4.98 Å². The Morgan fingerprint density at radius 1 is 1.19 bits per heavy atom. The molecule has 0 amide bonds. The molecule has 0 saturated carbocycles. The molecule has 0 fully saturated rings. The molecule has 0 aliphatic carbocycles. The molecule has 1 unspecified atom stereocenters. The summed E-state index contributed by atoms with van der Waals surface area (Å²) in [5, 5.41) is 10.8. The Balaban J connectivity index is 2.42. The fraction of sp³-hybridized carbons (Fsp3) is 0.0833. The van der Waals surface area contributed by atoms with Crippen molar-refractivity contribution in [2.45, 2.75) is 6.10 Å². The minimum Gasteiger partial charge on any atom is -0.384 e. The number of benzene rings is 1. The van der Waals surface area contributed by atoms with Gasteiger partial charge in [0, 0.05) is 18.0 Å². The molecule has 2 rings (SSSR count). The third-order valence-electron chi connectivity index (χ3n) is 2.21. The van der Waals surface area contributed by atoms with E-state index in [1.165, 1.54) is 0 Å². The lowest BCUT2D eigenvalue weighted by Crippen LogP contribution is -2.00. The first-order valence-electron chi connectivity index (χ1n) is 4.63. The first-order chi connectivity index (χ1) is 7.70. The van der Waals surface area contributed by atoms with Crippen LogP contribution >= 0.6 is 23.2 Å². The Kier molecular flexibility index (Phi) is 3.44. The van der Waals surface area contributed by atoms with Gasteiger partial charge in [-0.15, -0.1) is 0 Å². The maximum Gasteiger partial charge on any atom is 0.106 e. The molecule has 0 aliphatic heterocycles. The van der Waals surface area contributed by atoms with Crippen molar-refractivity contribution >= 4 is 23.2 Å². The van der Waals surface area contributed by atoms with Crippen LogP contribution in [0.25, 0.3) is 0 Å². The van der Waals surface area contributed by atoms with E-state index in [2.05, 4.69) is 11.1 Å². The van der Waals surface area contributed by atoms with Crippen molar-refractivity contribution in [2.24, 2.45) is 0 Å². The zero-order valence-electron chi connectivity index (χ0n) is 8.19. The predicted octanol–water partition coefficient (Wildman–Crippen LogP) is 3.27. The highest BCUT2D eigenvalue weighted by molar-refractivity contribution is 6.42. The average Bonchev–Trinajstić information content (AvgIpc) is 2.33. The van der Waals surface area contributed by atoms with Crippen LogP contribution in [0.3, 0.4) is 0 Å². The SMILES string of the molecule is OC(c1ccncc1)c1[c]ccc(Cl)c1Cl. The smallest absolute Gasteiger partial charge is 0.106 e. The monoisotopic (exact) mass is 252 g/mol. The van der Waals surface area contributed by atoms with E-state index in [0.717, 1.165) is 0 Å². The molecule has 81 valence electrons. The van der Waals surface area contributed by atoms with Crippen LogP contribution in [0.15, 0.2) is 36.7 Å². The summed E-state index contributed by atoms with van der Waals surface area (Å²) < 4.78 is 0. The van der Waals surface area contributed by atoms with Crippen LogP contribution in [-0.2, 0) is 0 Å². The first kappa shape index (κ1) is 11.4. The summed E-state index contributed by atoms with van der Waals surface area (Å²) in [5.74, 6) is 0. The minimum absolute atomic E-state index is 0.327. The molecule has 0 spiro atoms. The van der Waals surface area contributed by atoms with Crippen LogP contribution in [0.4, 0.5) is 0 Å². The highest BCUT2D eigenvalue weighted by Crippen LogP contribution is 2.32. The van der Waals surface area contributed by atoms with E-state index in [1.54, 1.807) is 36.7 Å². The number of pyridine rings is 1. The molecule has 0 saturated heterocycles. The molecular formula is C12H8Cl2NO. The molecule has 1 N–H and O–H groups in total. The Bertz CT molecular complexity index is 488. The van der Waals surface area contributed by atoms with Crippen molar-refractivity contribution in [3.8, 4) is 0 Å². The van der Waals surface area contributed by atoms with Crippen molar-refractivity contribution in [1.82, 2.24) is 4.98 Å². The van der Waals surface area contributed by atoms with Gasteiger partial charge < -0.3 is 5.11 Å². The number of aliphatic hydroxyl groups is 1. The van der Waals surface area contributed by atoms with Crippen molar-refractivity contribution in [3.05, 3.63) is 63.9 Å². The number of nitrogens with zero attached hydrogens (tertiary/aromatic N) is 1. The molecule has 1 atom stereocenters. The van der Waals surface area contributed by atoms with Crippen molar-refractivity contribution in [2.75, 3.05) is 0 Å². The number of rotatable bonds is 2. The summed E-state index contributed by atoms with van der Waals surface area (Å²) in [6.45, 7) is 0. The number of aliphatic hydroxyl groups excluding tert-OH is 1. The lowest BCUT2D eigenvalue weighted by atomic mass is 10.0.